The lowest BCUT2D eigenvalue weighted by Gasteiger charge is -2.34. The number of esters is 8. The molecule has 0 bridgehead atoms. The van der Waals surface area contributed by atoms with Gasteiger partial charge in [-0.25, -0.2) is 4.79 Å². The molecule has 0 N–H and O–H groups in total. The maximum Gasteiger partial charge on any atom is 0.341 e. The van der Waals surface area contributed by atoms with Crippen molar-refractivity contribution in [2.24, 2.45) is 0 Å². The number of rotatable bonds is 20. The van der Waals surface area contributed by atoms with Crippen LogP contribution in [0.3, 0.4) is 0 Å². The molecule has 6 atom stereocenters. The lowest BCUT2D eigenvalue weighted by atomic mass is 10.0. The van der Waals surface area contributed by atoms with E-state index in [0.29, 0.717) is 0 Å². The van der Waals surface area contributed by atoms with Gasteiger partial charge >= 0.3 is 47.8 Å². The highest BCUT2D eigenvalue weighted by Gasteiger charge is 2.43. The van der Waals surface area contributed by atoms with Crippen molar-refractivity contribution >= 4 is 53.7 Å². The molecular formula is C38H49NO19. The van der Waals surface area contributed by atoms with Crippen LogP contribution in [0.15, 0.2) is 21.0 Å². The lowest BCUT2D eigenvalue weighted by molar-refractivity contribution is -0.191. The third-order valence-corrected chi connectivity index (χ3v) is 7.84. The predicted molar refractivity (Wildman–Crippen MR) is 192 cm³/mol. The first-order chi connectivity index (χ1) is 27.0. The first-order valence-electron chi connectivity index (χ1n) is 17.8. The molecule has 0 aromatic carbocycles. The fourth-order valence-corrected chi connectivity index (χ4v) is 5.64. The Bertz CT molecular complexity index is 1840. The number of ether oxygens (including phenoxy) is 8. The van der Waals surface area contributed by atoms with Gasteiger partial charge in [0.05, 0.1) is 13.2 Å². The van der Waals surface area contributed by atoms with E-state index in [1.165, 1.54) is 37.8 Å². The van der Waals surface area contributed by atoms with Crippen LogP contribution >= 0.6 is 0 Å². The molecule has 1 amide bonds. The number of aryl methyl sites for hydroxylation is 2. The van der Waals surface area contributed by atoms with Gasteiger partial charge in [-0.05, 0) is 32.9 Å². The van der Waals surface area contributed by atoms with Crippen LogP contribution in [0.2, 0.25) is 0 Å². The van der Waals surface area contributed by atoms with Crippen molar-refractivity contribution in [3.05, 3.63) is 46.3 Å². The summed E-state index contributed by atoms with van der Waals surface area (Å²) >= 11 is 0. The Morgan fingerprint density at radius 3 is 1.47 bits per heavy atom. The number of amides is 1. The summed E-state index contributed by atoms with van der Waals surface area (Å²) in [5.41, 5.74) is 0.251. The van der Waals surface area contributed by atoms with Crippen LogP contribution in [-0.2, 0) is 82.8 Å². The molecule has 0 saturated carbocycles. The van der Waals surface area contributed by atoms with E-state index in [1.807, 2.05) is 0 Å². The second kappa shape index (κ2) is 21.9. The molecule has 0 aliphatic heterocycles. The number of nitrogens with zero attached hydrogens (tertiary/aromatic N) is 1. The average molecular weight is 824 g/mol. The Balaban J connectivity index is 2.69. The molecule has 0 unspecified atom stereocenters. The Morgan fingerprint density at radius 1 is 0.569 bits per heavy atom. The summed E-state index contributed by atoms with van der Waals surface area (Å²) in [6.07, 6.45) is -9.53. The van der Waals surface area contributed by atoms with Gasteiger partial charge in [-0.15, -0.1) is 0 Å². The summed E-state index contributed by atoms with van der Waals surface area (Å²) in [6, 6.07) is 2.59. The highest BCUT2D eigenvalue weighted by molar-refractivity contribution is 5.90. The number of carbonyl (C=O) groups is 9. The summed E-state index contributed by atoms with van der Waals surface area (Å²) in [5, 5.41) is 0. The zero-order valence-corrected chi connectivity index (χ0v) is 34.2. The van der Waals surface area contributed by atoms with Gasteiger partial charge in [0.1, 0.15) is 35.2 Å². The van der Waals surface area contributed by atoms with Crippen molar-refractivity contribution in [2.45, 2.75) is 119 Å². The Labute approximate surface area is 333 Å². The quantitative estimate of drug-likeness (QED) is 0.137. The predicted octanol–water partition coefficient (Wildman–Crippen LogP) is 3.21. The standard InChI is InChI=1S/C38H49NO19/c1-12-49-38(48)29-14-31(52-19(29)3)35(56-25(9)45)36(57-26(10)46)32(53-22(6)42)16-39(20(4)40)15-28-13-30(51-18(28)2)34(55-24(8)44)37(58-27(11)47)33(54-23(7)43)17-50-21(5)41/h13-14,32-37H,12,15-17H2,1-11H3/t32-,33-,34-,35-,36-,37-/m1/s1. The molecule has 320 valence electrons. The molecule has 20 nitrogen and oxygen atoms in total. The molecule has 58 heavy (non-hydrogen) atoms. The highest BCUT2D eigenvalue weighted by Crippen LogP contribution is 2.34. The molecule has 0 aliphatic carbocycles. The first-order valence-corrected chi connectivity index (χ1v) is 17.8. The second-order valence-corrected chi connectivity index (χ2v) is 12.8. The molecular weight excluding hydrogens is 774 g/mol. The Hall–Kier alpha value is -6.21. The number of carbonyl (C=O) groups excluding carboxylic acids is 9. The minimum atomic E-state index is -1.66. The number of hydrogen-bond donors (Lipinski definition) is 0. The molecule has 2 rings (SSSR count). The van der Waals surface area contributed by atoms with E-state index in [4.69, 9.17) is 46.7 Å². The van der Waals surface area contributed by atoms with Gasteiger partial charge in [0.2, 0.25) is 5.91 Å². The minimum absolute atomic E-state index is 0.0234. The second-order valence-electron chi connectivity index (χ2n) is 12.8. The van der Waals surface area contributed by atoms with Crippen LogP contribution in [0, 0.1) is 13.8 Å². The van der Waals surface area contributed by atoms with Crippen LogP contribution in [0.1, 0.15) is 113 Å². The molecule has 0 aliphatic rings. The van der Waals surface area contributed by atoms with E-state index in [-0.39, 0.29) is 47.3 Å². The van der Waals surface area contributed by atoms with E-state index in [9.17, 15) is 43.2 Å². The van der Waals surface area contributed by atoms with E-state index >= 15 is 0 Å². The molecule has 20 heteroatoms. The highest BCUT2D eigenvalue weighted by atomic mass is 16.6. The average Bonchev–Trinajstić information content (AvgIpc) is 3.66. The third kappa shape index (κ3) is 14.7. The summed E-state index contributed by atoms with van der Waals surface area (Å²) in [5.74, 6) is -7.49. The van der Waals surface area contributed by atoms with Gasteiger partial charge in [0, 0.05) is 67.5 Å². The summed E-state index contributed by atoms with van der Waals surface area (Å²) < 4.78 is 54.7. The fraction of sp³-hybridized carbons (Fsp3) is 0.553. The van der Waals surface area contributed by atoms with Crippen molar-refractivity contribution in [2.75, 3.05) is 19.8 Å². The number of hydrogen-bond acceptors (Lipinski definition) is 19. The van der Waals surface area contributed by atoms with Crippen molar-refractivity contribution in [1.82, 2.24) is 4.90 Å². The molecule has 0 fully saturated rings. The van der Waals surface area contributed by atoms with Crippen molar-refractivity contribution in [1.29, 1.82) is 0 Å². The Morgan fingerprint density at radius 2 is 1.02 bits per heavy atom. The molecule has 0 spiro atoms. The zero-order chi connectivity index (χ0) is 44.0. The van der Waals surface area contributed by atoms with Gasteiger partial charge < -0.3 is 51.6 Å². The number of furan rings is 2. The van der Waals surface area contributed by atoms with E-state index in [2.05, 4.69) is 0 Å². The minimum Gasteiger partial charge on any atom is -0.462 e. The summed E-state index contributed by atoms with van der Waals surface area (Å²) in [4.78, 5) is 113. The zero-order valence-electron chi connectivity index (χ0n) is 34.2. The van der Waals surface area contributed by atoms with Crippen molar-refractivity contribution in [3.8, 4) is 0 Å². The SMILES string of the molecule is CCOC(=O)c1cc([C@@H](OC(C)=O)[C@H](OC(C)=O)[C@@H](CN(Cc2cc([C@@H](OC(C)=O)[C@H](OC(C)=O)[C@@H](COC(C)=O)OC(C)=O)oc2C)C(C)=O)OC(C)=O)oc1C. The molecule has 2 heterocycles. The van der Waals surface area contributed by atoms with Gasteiger partial charge in [-0.3, -0.25) is 38.4 Å². The van der Waals surface area contributed by atoms with Crippen LogP contribution < -0.4 is 0 Å². The maximum absolute atomic E-state index is 13.2. The third-order valence-electron chi connectivity index (χ3n) is 7.84. The summed E-state index contributed by atoms with van der Waals surface area (Å²) in [7, 11) is 0. The van der Waals surface area contributed by atoms with Crippen LogP contribution in [0.4, 0.5) is 0 Å². The first kappa shape index (κ1) is 47.9. The van der Waals surface area contributed by atoms with Gasteiger partial charge in [0.25, 0.3) is 0 Å². The largest absolute Gasteiger partial charge is 0.462 e. The fourth-order valence-electron chi connectivity index (χ4n) is 5.64. The topological polar surface area (TPSA) is 257 Å². The van der Waals surface area contributed by atoms with Crippen LogP contribution in [0.5, 0.6) is 0 Å². The van der Waals surface area contributed by atoms with Crippen molar-refractivity contribution < 1.29 is 89.9 Å². The summed E-state index contributed by atoms with van der Waals surface area (Å²) in [6.45, 7) is 11.7. The molecule has 2 aromatic heterocycles. The van der Waals surface area contributed by atoms with Gasteiger partial charge in [0.15, 0.2) is 36.6 Å². The van der Waals surface area contributed by atoms with Crippen molar-refractivity contribution in [3.63, 3.8) is 0 Å². The van der Waals surface area contributed by atoms with E-state index in [0.717, 1.165) is 48.5 Å². The van der Waals surface area contributed by atoms with E-state index < -0.39 is 103 Å². The monoisotopic (exact) mass is 823 g/mol. The lowest BCUT2D eigenvalue weighted by Crippen LogP contribution is -2.48. The molecule has 0 radical (unpaired) electrons. The maximum atomic E-state index is 13.2. The van der Waals surface area contributed by atoms with Crippen LogP contribution in [-0.4, -0.2) is 103 Å². The van der Waals surface area contributed by atoms with Crippen LogP contribution in [0.25, 0.3) is 0 Å². The van der Waals surface area contributed by atoms with E-state index in [1.54, 1.807) is 6.92 Å². The van der Waals surface area contributed by atoms with Gasteiger partial charge in [-0.1, -0.05) is 0 Å². The molecule has 2 aromatic rings. The Kier molecular flexibility index (Phi) is 18.1. The smallest absolute Gasteiger partial charge is 0.341 e. The van der Waals surface area contributed by atoms with Gasteiger partial charge in [-0.2, -0.15) is 0 Å². The normalized spacial score (nSPS) is 13.9. The molecule has 0 saturated heterocycles.